The number of hydrogen-bond acceptors (Lipinski definition) is 9. The Hall–Kier alpha value is -2.11. The van der Waals surface area contributed by atoms with Gasteiger partial charge in [-0.05, 0) is 7.05 Å². The summed E-state index contributed by atoms with van der Waals surface area (Å²) in [7, 11) is -1.98. The molecule has 2 aromatic rings. The van der Waals surface area contributed by atoms with Gasteiger partial charge in [0.1, 0.15) is 0 Å². The normalized spacial score (nSPS) is 16.5. The molecule has 1 fully saturated rings. The number of rotatable bonds is 5. The Bertz CT molecular complexity index is 821. The molecule has 2 aromatic heterocycles. The van der Waals surface area contributed by atoms with Crippen LogP contribution >= 0.6 is 0 Å². The molecule has 11 heteroatoms. The minimum absolute atomic E-state index is 0.0176. The molecule has 0 unspecified atom stereocenters. The van der Waals surface area contributed by atoms with Gasteiger partial charge >= 0.3 is 0 Å². The second-order valence-corrected chi connectivity index (χ2v) is 7.18. The Kier molecular flexibility index (Phi) is 4.73. The Morgan fingerprint density at radius 2 is 1.88 bits per heavy atom. The van der Waals surface area contributed by atoms with E-state index in [1.54, 1.807) is 6.20 Å². The van der Waals surface area contributed by atoms with Crippen LogP contribution in [0.4, 0.5) is 11.8 Å². The van der Waals surface area contributed by atoms with E-state index >= 15 is 0 Å². The molecule has 0 atom stereocenters. The van der Waals surface area contributed by atoms with Crippen molar-refractivity contribution in [3.8, 4) is 0 Å². The van der Waals surface area contributed by atoms with Crippen LogP contribution in [0.1, 0.15) is 0 Å². The molecule has 0 aromatic carbocycles. The van der Waals surface area contributed by atoms with Gasteiger partial charge in [-0.25, -0.2) is 9.97 Å². The maximum Gasteiger partial charge on any atom is 0.266 e. The van der Waals surface area contributed by atoms with Crippen molar-refractivity contribution in [2.24, 2.45) is 0 Å². The van der Waals surface area contributed by atoms with Crippen LogP contribution in [0.2, 0.25) is 0 Å². The first kappa shape index (κ1) is 16.7. The van der Waals surface area contributed by atoms with Crippen LogP contribution in [0.25, 0.3) is 11.2 Å². The van der Waals surface area contributed by atoms with Gasteiger partial charge in [0.25, 0.3) is 10.1 Å². The van der Waals surface area contributed by atoms with Crippen LogP contribution in [0.3, 0.4) is 0 Å². The summed E-state index contributed by atoms with van der Waals surface area (Å²) in [6, 6.07) is 0. The predicted octanol–water partition coefficient (Wildman–Crippen LogP) is -0.529. The zero-order valence-corrected chi connectivity index (χ0v) is 14.1. The van der Waals surface area contributed by atoms with E-state index in [1.807, 2.05) is 0 Å². The fraction of sp³-hybridized carbons (Fsp3) is 0.538. The van der Waals surface area contributed by atoms with Gasteiger partial charge in [0.05, 0.1) is 5.75 Å². The fourth-order valence-electron chi connectivity index (χ4n) is 2.42. The number of piperazine rings is 1. The second-order valence-electron chi connectivity index (χ2n) is 5.60. The van der Waals surface area contributed by atoms with Gasteiger partial charge < -0.3 is 15.1 Å². The Labute approximate surface area is 139 Å². The van der Waals surface area contributed by atoms with Crippen molar-refractivity contribution in [1.29, 1.82) is 0 Å². The lowest BCUT2D eigenvalue weighted by atomic mass is 10.3. The SMILES string of the molecule is CN1CCN(c2nc(NCCS(=O)(=O)O)c3nccnc3n2)CC1. The Morgan fingerprint density at radius 1 is 1.17 bits per heavy atom. The van der Waals surface area contributed by atoms with E-state index in [1.165, 1.54) is 6.20 Å². The van der Waals surface area contributed by atoms with Crippen LogP contribution in [0, 0.1) is 0 Å². The van der Waals surface area contributed by atoms with Crippen LogP contribution in [0.15, 0.2) is 12.4 Å². The third-order valence-corrected chi connectivity index (χ3v) is 4.48. The topological polar surface area (TPSA) is 124 Å². The van der Waals surface area contributed by atoms with Gasteiger partial charge in [-0.3, -0.25) is 4.55 Å². The molecule has 0 saturated carbocycles. The zero-order valence-electron chi connectivity index (χ0n) is 13.3. The lowest BCUT2D eigenvalue weighted by Gasteiger charge is -2.32. The average Bonchev–Trinajstić information content (AvgIpc) is 2.54. The predicted molar refractivity (Wildman–Crippen MR) is 89.7 cm³/mol. The van der Waals surface area contributed by atoms with Crippen LogP contribution in [0.5, 0.6) is 0 Å². The molecular weight excluding hydrogens is 334 g/mol. The van der Waals surface area contributed by atoms with Crippen LogP contribution < -0.4 is 10.2 Å². The van der Waals surface area contributed by atoms with E-state index in [0.29, 0.717) is 22.9 Å². The summed E-state index contributed by atoms with van der Waals surface area (Å²) in [6.45, 7) is 3.43. The van der Waals surface area contributed by atoms with E-state index in [4.69, 9.17) is 4.55 Å². The number of anilines is 2. The third kappa shape index (κ3) is 4.04. The van der Waals surface area contributed by atoms with Crippen molar-refractivity contribution >= 4 is 33.0 Å². The standard InChI is InChI=1S/C13H19N7O3S/c1-19-5-7-20(8-6-19)13-17-11-10(14-2-3-15-11)12(18-13)16-4-9-24(21,22)23/h2-3H,4-9H2,1H3,(H,21,22,23)(H,15,16,17,18). The number of nitrogens with zero attached hydrogens (tertiary/aromatic N) is 6. The average molecular weight is 353 g/mol. The molecule has 3 rings (SSSR count). The summed E-state index contributed by atoms with van der Waals surface area (Å²) in [5, 5.41) is 2.90. The number of nitrogens with one attached hydrogen (secondary N) is 1. The summed E-state index contributed by atoms with van der Waals surface area (Å²) < 4.78 is 30.6. The smallest absolute Gasteiger partial charge is 0.266 e. The minimum Gasteiger partial charge on any atom is -0.367 e. The highest BCUT2D eigenvalue weighted by Crippen LogP contribution is 2.20. The molecule has 1 aliphatic rings. The highest BCUT2D eigenvalue weighted by molar-refractivity contribution is 7.85. The summed E-state index contributed by atoms with van der Waals surface area (Å²) in [6.07, 6.45) is 3.07. The van der Waals surface area contributed by atoms with Crippen LogP contribution in [-0.2, 0) is 10.1 Å². The number of likely N-dealkylation sites (N-methyl/N-ethyl adjacent to an activating group) is 1. The third-order valence-electron chi connectivity index (χ3n) is 3.76. The molecule has 0 aliphatic carbocycles. The highest BCUT2D eigenvalue weighted by atomic mass is 32.2. The van der Waals surface area contributed by atoms with E-state index in [0.717, 1.165) is 26.2 Å². The second kappa shape index (κ2) is 6.79. The highest BCUT2D eigenvalue weighted by Gasteiger charge is 2.19. The van der Waals surface area contributed by atoms with Crippen LogP contribution in [-0.4, -0.2) is 83.3 Å². The first-order valence-corrected chi connectivity index (χ1v) is 9.14. The molecule has 10 nitrogen and oxygen atoms in total. The van der Waals surface area contributed by atoms with Gasteiger partial charge in [0.15, 0.2) is 17.0 Å². The molecule has 2 N–H and O–H groups in total. The molecule has 0 amide bonds. The Balaban J connectivity index is 1.88. The molecule has 24 heavy (non-hydrogen) atoms. The minimum atomic E-state index is -4.04. The van der Waals surface area contributed by atoms with Crippen molar-refractivity contribution in [2.45, 2.75) is 0 Å². The van der Waals surface area contributed by atoms with Crippen molar-refractivity contribution < 1.29 is 13.0 Å². The van der Waals surface area contributed by atoms with E-state index < -0.39 is 15.9 Å². The van der Waals surface area contributed by atoms with Gasteiger partial charge in [0, 0.05) is 45.1 Å². The summed E-state index contributed by atoms with van der Waals surface area (Å²) >= 11 is 0. The molecule has 130 valence electrons. The number of hydrogen-bond donors (Lipinski definition) is 2. The van der Waals surface area contributed by atoms with E-state index in [2.05, 4.69) is 42.1 Å². The van der Waals surface area contributed by atoms with Gasteiger partial charge in [-0.2, -0.15) is 18.4 Å². The van der Waals surface area contributed by atoms with Crippen molar-refractivity contribution in [2.75, 3.05) is 55.7 Å². The molecule has 0 bridgehead atoms. The summed E-state index contributed by atoms with van der Waals surface area (Å²) in [5.74, 6) is 0.527. The van der Waals surface area contributed by atoms with Crippen molar-refractivity contribution in [3.05, 3.63) is 12.4 Å². The fourth-order valence-corrected chi connectivity index (χ4v) is 2.78. The maximum atomic E-state index is 10.9. The van der Waals surface area contributed by atoms with E-state index in [9.17, 15) is 8.42 Å². The lowest BCUT2D eigenvalue weighted by molar-refractivity contribution is 0.311. The number of fused-ring (bicyclic) bond motifs is 1. The van der Waals surface area contributed by atoms with Crippen molar-refractivity contribution in [3.63, 3.8) is 0 Å². The monoisotopic (exact) mass is 353 g/mol. The van der Waals surface area contributed by atoms with Gasteiger partial charge in [-0.15, -0.1) is 0 Å². The number of aromatic nitrogens is 4. The summed E-state index contributed by atoms with van der Waals surface area (Å²) in [4.78, 5) is 21.6. The van der Waals surface area contributed by atoms with Gasteiger partial charge in [0.2, 0.25) is 5.95 Å². The molecular formula is C13H19N7O3S. The van der Waals surface area contributed by atoms with Gasteiger partial charge in [-0.1, -0.05) is 0 Å². The molecule has 1 saturated heterocycles. The zero-order chi connectivity index (χ0) is 17.2. The Morgan fingerprint density at radius 3 is 2.58 bits per heavy atom. The largest absolute Gasteiger partial charge is 0.367 e. The quantitative estimate of drug-likeness (QED) is 0.678. The molecule has 0 spiro atoms. The lowest BCUT2D eigenvalue weighted by Crippen LogP contribution is -2.45. The summed E-state index contributed by atoms with van der Waals surface area (Å²) in [5.41, 5.74) is 0.904. The van der Waals surface area contributed by atoms with Crippen molar-refractivity contribution in [1.82, 2.24) is 24.8 Å². The maximum absolute atomic E-state index is 10.9. The molecule has 3 heterocycles. The van der Waals surface area contributed by atoms with E-state index in [-0.39, 0.29) is 6.54 Å². The first-order chi connectivity index (χ1) is 11.4. The molecule has 0 radical (unpaired) electrons. The molecule has 1 aliphatic heterocycles. The first-order valence-electron chi connectivity index (χ1n) is 7.54.